The van der Waals surface area contributed by atoms with Crippen LogP contribution >= 0.6 is 23.8 Å². The molecule has 1 amide bonds. The van der Waals surface area contributed by atoms with Gasteiger partial charge in [0.2, 0.25) is 0 Å². The molecule has 0 bridgehead atoms. The summed E-state index contributed by atoms with van der Waals surface area (Å²) < 4.78 is 5.82. The van der Waals surface area contributed by atoms with Crippen molar-refractivity contribution in [3.63, 3.8) is 0 Å². The molecule has 0 spiro atoms. The highest BCUT2D eigenvalue weighted by atomic mass is 35.5. The number of anilines is 1. The Morgan fingerprint density at radius 1 is 1.00 bits per heavy atom. The van der Waals surface area contributed by atoms with Crippen LogP contribution in [0.5, 0.6) is 0 Å². The Kier molecular flexibility index (Phi) is 4.32. The van der Waals surface area contributed by atoms with E-state index in [1.165, 1.54) is 4.90 Å². The van der Waals surface area contributed by atoms with Crippen LogP contribution in [0.4, 0.5) is 5.69 Å². The molecule has 1 aliphatic rings. The first kappa shape index (κ1) is 16.6. The molecule has 4 nitrogen and oxygen atoms in total. The molecular weight excluding hydrogens is 368 g/mol. The summed E-state index contributed by atoms with van der Waals surface area (Å²) in [5.74, 6) is 1.04. The second-order valence-electron chi connectivity index (χ2n) is 5.67. The molecule has 0 saturated carbocycles. The number of halogens is 1. The monoisotopic (exact) mass is 380 g/mol. The number of nitrogens with zero attached hydrogens (tertiary/aromatic N) is 1. The quantitative estimate of drug-likeness (QED) is 0.520. The number of hydrogen-bond acceptors (Lipinski definition) is 3. The largest absolute Gasteiger partial charge is 0.457 e. The van der Waals surface area contributed by atoms with Crippen LogP contribution in [0.25, 0.3) is 17.4 Å². The lowest BCUT2D eigenvalue weighted by Gasteiger charge is -2.13. The number of amides is 1. The molecule has 3 aromatic rings. The first-order valence-electron chi connectivity index (χ1n) is 7.90. The maximum absolute atomic E-state index is 12.7. The summed E-state index contributed by atoms with van der Waals surface area (Å²) in [6.07, 6.45) is 1.65. The molecule has 2 heterocycles. The van der Waals surface area contributed by atoms with Gasteiger partial charge in [0.05, 0.1) is 5.69 Å². The predicted octanol–water partition coefficient (Wildman–Crippen LogP) is 4.86. The van der Waals surface area contributed by atoms with E-state index in [-0.39, 0.29) is 5.91 Å². The molecule has 0 unspecified atom stereocenters. The van der Waals surface area contributed by atoms with E-state index in [9.17, 15) is 4.79 Å². The average molecular weight is 381 g/mol. The smallest absolute Gasteiger partial charge is 0.281 e. The predicted molar refractivity (Wildman–Crippen MR) is 107 cm³/mol. The molecule has 128 valence electrons. The maximum Gasteiger partial charge on any atom is 0.281 e. The second-order valence-corrected chi connectivity index (χ2v) is 6.50. The minimum Gasteiger partial charge on any atom is -0.457 e. The highest BCUT2D eigenvalue weighted by molar-refractivity contribution is 7.80. The van der Waals surface area contributed by atoms with Crippen LogP contribution < -0.4 is 10.2 Å². The third-order valence-electron chi connectivity index (χ3n) is 3.93. The normalized spacial score (nSPS) is 15.6. The molecule has 26 heavy (non-hydrogen) atoms. The lowest BCUT2D eigenvalue weighted by molar-refractivity contribution is -0.113. The number of furan rings is 1. The van der Waals surface area contributed by atoms with Gasteiger partial charge in [-0.2, -0.15) is 0 Å². The summed E-state index contributed by atoms with van der Waals surface area (Å²) >= 11 is 11.2. The van der Waals surface area contributed by atoms with Crippen molar-refractivity contribution < 1.29 is 9.21 Å². The van der Waals surface area contributed by atoms with E-state index in [0.29, 0.717) is 27.4 Å². The Morgan fingerprint density at radius 3 is 2.46 bits per heavy atom. The van der Waals surface area contributed by atoms with Gasteiger partial charge >= 0.3 is 0 Å². The lowest BCUT2D eigenvalue weighted by Crippen LogP contribution is -2.30. The average Bonchev–Trinajstić information content (AvgIpc) is 3.21. The maximum atomic E-state index is 12.7. The van der Waals surface area contributed by atoms with E-state index in [1.807, 2.05) is 48.5 Å². The number of carbonyl (C=O) groups is 1. The van der Waals surface area contributed by atoms with Crippen LogP contribution in [0.2, 0.25) is 5.02 Å². The zero-order chi connectivity index (χ0) is 18.1. The summed E-state index contributed by atoms with van der Waals surface area (Å²) in [5, 5.41) is 3.96. The van der Waals surface area contributed by atoms with Crippen molar-refractivity contribution in [2.75, 3.05) is 4.90 Å². The van der Waals surface area contributed by atoms with Crippen LogP contribution in [0.15, 0.2) is 76.8 Å². The second kappa shape index (κ2) is 6.78. The lowest BCUT2D eigenvalue weighted by atomic mass is 10.2. The van der Waals surface area contributed by atoms with E-state index < -0.39 is 0 Å². The number of carbonyl (C=O) groups excluding carboxylic acids is 1. The summed E-state index contributed by atoms with van der Waals surface area (Å²) in [6, 6.07) is 20.3. The minimum atomic E-state index is -0.217. The molecule has 1 aromatic heterocycles. The third-order valence-corrected chi connectivity index (χ3v) is 4.47. The molecular formula is C20H13ClN2O2S. The highest BCUT2D eigenvalue weighted by Crippen LogP contribution is 2.26. The minimum absolute atomic E-state index is 0.217. The number of para-hydroxylation sites is 1. The molecule has 1 saturated heterocycles. The van der Waals surface area contributed by atoms with Gasteiger partial charge in [-0.3, -0.25) is 9.69 Å². The van der Waals surface area contributed by atoms with Crippen molar-refractivity contribution in [2.24, 2.45) is 0 Å². The summed E-state index contributed by atoms with van der Waals surface area (Å²) in [5.41, 5.74) is 2.00. The SMILES string of the molecule is O=C1C(=Cc2ccc(-c3ccc(Cl)cc3)o2)NC(=S)N1c1ccccc1. The Morgan fingerprint density at radius 2 is 1.73 bits per heavy atom. The molecule has 0 radical (unpaired) electrons. The Labute approximate surface area is 160 Å². The van der Waals surface area contributed by atoms with Crippen molar-refractivity contribution in [1.29, 1.82) is 0 Å². The van der Waals surface area contributed by atoms with Gasteiger partial charge in [-0.25, -0.2) is 0 Å². The van der Waals surface area contributed by atoms with Crippen LogP contribution in [-0.4, -0.2) is 11.0 Å². The van der Waals surface area contributed by atoms with E-state index in [2.05, 4.69) is 5.32 Å². The van der Waals surface area contributed by atoms with E-state index in [0.717, 1.165) is 11.3 Å². The van der Waals surface area contributed by atoms with Gasteiger partial charge in [-0.05, 0) is 60.7 Å². The molecule has 4 rings (SSSR count). The standard InChI is InChI=1S/C20H13ClN2O2S/c21-14-8-6-13(7-9-14)18-11-10-16(25-18)12-17-19(24)23(20(26)22-17)15-4-2-1-3-5-15/h1-12H,(H,22,26). The van der Waals surface area contributed by atoms with Crippen molar-refractivity contribution in [3.05, 3.63) is 83.2 Å². The number of thiocarbonyl (C=S) groups is 1. The van der Waals surface area contributed by atoms with E-state index in [1.54, 1.807) is 24.3 Å². The van der Waals surface area contributed by atoms with Crippen LogP contribution in [0.1, 0.15) is 5.76 Å². The van der Waals surface area contributed by atoms with Gasteiger partial charge in [-0.15, -0.1) is 0 Å². The van der Waals surface area contributed by atoms with Gasteiger partial charge < -0.3 is 9.73 Å². The zero-order valence-electron chi connectivity index (χ0n) is 13.5. The third kappa shape index (κ3) is 3.14. The fraction of sp³-hybridized carbons (Fsp3) is 0. The fourth-order valence-electron chi connectivity index (χ4n) is 2.69. The first-order chi connectivity index (χ1) is 12.6. The van der Waals surface area contributed by atoms with Crippen molar-refractivity contribution in [2.45, 2.75) is 0 Å². The molecule has 2 aromatic carbocycles. The Hall–Kier alpha value is -2.89. The van der Waals surface area contributed by atoms with E-state index >= 15 is 0 Å². The van der Waals surface area contributed by atoms with Gasteiger partial charge in [0.15, 0.2) is 5.11 Å². The number of benzene rings is 2. The van der Waals surface area contributed by atoms with Gasteiger partial charge in [0.1, 0.15) is 17.2 Å². The zero-order valence-corrected chi connectivity index (χ0v) is 15.1. The summed E-state index contributed by atoms with van der Waals surface area (Å²) in [6.45, 7) is 0. The van der Waals surface area contributed by atoms with Gasteiger partial charge in [0, 0.05) is 16.7 Å². The van der Waals surface area contributed by atoms with Gasteiger partial charge in [-0.1, -0.05) is 29.8 Å². The van der Waals surface area contributed by atoms with Crippen LogP contribution in [0, 0.1) is 0 Å². The molecule has 1 fully saturated rings. The topological polar surface area (TPSA) is 45.5 Å². The van der Waals surface area contributed by atoms with Crippen molar-refractivity contribution in [1.82, 2.24) is 5.32 Å². The number of rotatable bonds is 3. The Bertz CT molecular complexity index is 1010. The molecule has 0 aliphatic carbocycles. The van der Waals surface area contributed by atoms with Crippen LogP contribution in [0.3, 0.4) is 0 Å². The van der Waals surface area contributed by atoms with Crippen molar-refractivity contribution >= 4 is 46.6 Å². The number of hydrogen-bond donors (Lipinski definition) is 1. The summed E-state index contributed by atoms with van der Waals surface area (Å²) in [7, 11) is 0. The van der Waals surface area contributed by atoms with Crippen LogP contribution in [-0.2, 0) is 4.79 Å². The fourth-order valence-corrected chi connectivity index (χ4v) is 3.11. The molecule has 6 heteroatoms. The molecule has 0 atom stereocenters. The van der Waals surface area contributed by atoms with Crippen molar-refractivity contribution in [3.8, 4) is 11.3 Å². The van der Waals surface area contributed by atoms with Gasteiger partial charge in [0.25, 0.3) is 5.91 Å². The first-order valence-corrected chi connectivity index (χ1v) is 8.68. The molecule has 1 aliphatic heterocycles. The Balaban J connectivity index is 1.60. The number of nitrogens with one attached hydrogen (secondary N) is 1. The molecule has 1 N–H and O–H groups in total. The summed E-state index contributed by atoms with van der Waals surface area (Å²) in [4.78, 5) is 14.1. The van der Waals surface area contributed by atoms with E-state index in [4.69, 9.17) is 28.2 Å². The highest BCUT2D eigenvalue weighted by Gasteiger charge is 2.32.